The van der Waals surface area contributed by atoms with Crippen molar-refractivity contribution in [1.29, 1.82) is 0 Å². The lowest BCUT2D eigenvalue weighted by Crippen LogP contribution is -2.52. The van der Waals surface area contributed by atoms with Crippen molar-refractivity contribution in [1.82, 2.24) is 10.2 Å². The van der Waals surface area contributed by atoms with Crippen LogP contribution < -0.4 is 5.32 Å². The number of aliphatic hydroxyl groups excluding tert-OH is 1. The Morgan fingerprint density at radius 2 is 2.16 bits per heavy atom. The molecule has 0 aromatic carbocycles. The van der Waals surface area contributed by atoms with Gasteiger partial charge in [0.25, 0.3) is 0 Å². The van der Waals surface area contributed by atoms with Gasteiger partial charge in [-0.25, -0.2) is 0 Å². The van der Waals surface area contributed by atoms with Crippen LogP contribution in [0.1, 0.15) is 26.2 Å². The van der Waals surface area contributed by atoms with E-state index in [0.29, 0.717) is 32.5 Å². The fraction of sp³-hybridized carbons (Fsp3) is 0.846. The molecule has 1 rings (SSSR count). The van der Waals surface area contributed by atoms with Crippen LogP contribution >= 0.6 is 0 Å². The van der Waals surface area contributed by atoms with Crippen molar-refractivity contribution in [2.45, 2.75) is 32.2 Å². The van der Waals surface area contributed by atoms with E-state index in [4.69, 9.17) is 5.11 Å². The zero-order valence-electron chi connectivity index (χ0n) is 11.7. The van der Waals surface area contributed by atoms with Gasteiger partial charge in [-0.15, -0.1) is 0 Å². The number of piperidine rings is 1. The molecule has 0 radical (unpaired) electrons. The molecule has 0 bridgehead atoms. The van der Waals surface area contributed by atoms with E-state index in [9.17, 15) is 9.59 Å². The topological polar surface area (TPSA) is 78.9 Å². The summed E-state index contributed by atoms with van der Waals surface area (Å²) < 4.78 is 4.69. The normalized spacial score (nSPS) is 23.2. The minimum atomic E-state index is -0.239. The summed E-state index contributed by atoms with van der Waals surface area (Å²) in [5.74, 6) is -0.0186. The molecule has 2 atom stereocenters. The maximum Gasteiger partial charge on any atom is 0.305 e. The van der Waals surface area contributed by atoms with E-state index in [1.165, 1.54) is 7.11 Å². The second kappa shape index (κ2) is 8.12. The summed E-state index contributed by atoms with van der Waals surface area (Å²) in [6, 6.07) is 0.131. The van der Waals surface area contributed by atoms with Crippen molar-refractivity contribution >= 4 is 11.9 Å². The summed E-state index contributed by atoms with van der Waals surface area (Å²) in [6.45, 7) is 3.66. The van der Waals surface area contributed by atoms with Crippen LogP contribution in [0.15, 0.2) is 0 Å². The Kier molecular flexibility index (Phi) is 6.80. The molecule has 0 aliphatic carbocycles. The summed E-state index contributed by atoms with van der Waals surface area (Å²) in [4.78, 5) is 25.0. The van der Waals surface area contributed by atoms with Crippen LogP contribution in [0, 0.1) is 5.92 Å². The monoisotopic (exact) mass is 272 g/mol. The Bertz CT molecular complexity index is 309. The number of carbonyl (C=O) groups excluding carboxylic acids is 2. The van der Waals surface area contributed by atoms with Gasteiger partial charge in [0.1, 0.15) is 0 Å². The quantitative estimate of drug-likeness (QED) is 0.652. The third-order valence-electron chi connectivity index (χ3n) is 3.42. The van der Waals surface area contributed by atoms with Gasteiger partial charge in [0.2, 0.25) is 5.91 Å². The number of nitrogens with one attached hydrogen (secondary N) is 1. The standard InChI is InChI=1S/C13H24N2O4/c1-3-12(17)15-8-10(7-13(18)19-2)6-11(9-15)14-4-5-16/h10-11,14,16H,3-9H2,1-2H3. The molecule has 6 heteroatoms. The van der Waals surface area contributed by atoms with Crippen LogP contribution in [0.2, 0.25) is 0 Å². The molecule has 1 heterocycles. The van der Waals surface area contributed by atoms with E-state index in [1.54, 1.807) is 4.90 Å². The zero-order chi connectivity index (χ0) is 14.3. The number of rotatable bonds is 6. The third-order valence-corrected chi connectivity index (χ3v) is 3.42. The van der Waals surface area contributed by atoms with Crippen LogP contribution in [0.4, 0.5) is 0 Å². The van der Waals surface area contributed by atoms with Gasteiger partial charge in [-0.2, -0.15) is 0 Å². The molecular formula is C13H24N2O4. The first kappa shape index (κ1) is 15.9. The number of nitrogens with zero attached hydrogens (tertiary/aromatic N) is 1. The number of methoxy groups -OCH3 is 1. The van der Waals surface area contributed by atoms with E-state index < -0.39 is 0 Å². The molecule has 1 amide bonds. The van der Waals surface area contributed by atoms with Gasteiger partial charge in [0.15, 0.2) is 0 Å². The number of carbonyl (C=O) groups is 2. The number of amides is 1. The lowest BCUT2D eigenvalue weighted by Gasteiger charge is -2.38. The van der Waals surface area contributed by atoms with Crippen molar-refractivity contribution in [2.24, 2.45) is 5.92 Å². The number of likely N-dealkylation sites (tertiary alicyclic amines) is 1. The number of ether oxygens (including phenoxy) is 1. The van der Waals surface area contributed by atoms with Gasteiger partial charge >= 0.3 is 5.97 Å². The van der Waals surface area contributed by atoms with Crippen molar-refractivity contribution in [2.75, 3.05) is 33.4 Å². The smallest absolute Gasteiger partial charge is 0.305 e. The molecular weight excluding hydrogens is 248 g/mol. The molecule has 0 spiro atoms. The lowest BCUT2D eigenvalue weighted by atomic mass is 9.91. The third kappa shape index (κ3) is 5.16. The van der Waals surface area contributed by atoms with Crippen molar-refractivity contribution in [3.63, 3.8) is 0 Å². The molecule has 110 valence electrons. The van der Waals surface area contributed by atoms with E-state index in [1.807, 2.05) is 6.92 Å². The zero-order valence-corrected chi connectivity index (χ0v) is 11.7. The molecule has 1 fully saturated rings. The minimum Gasteiger partial charge on any atom is -0.469 e. The van der Waals surface area contributed by atoms with Crippen LogP contribution in [-0.2, 0) is 14.3 Å². The Balaban J connectivity index is 2.60. The van der Waals surface area contributed by atoms with Crippen molar-refractivity contribution in [3.05, 3.63) is 0 Å². The predicted molar refractivity (Wildman–Crippen MR) is 70.5 cm³/mol. The van der Waals surface area contributed by atoms with Crippen molar-refractivity contribution < 1.29 is 19.4 Å². The van der Waals surface area contributed by atoms with Crippen LogP contribution in [0.25, 0.3) is 0 Å². The molecule has 0 aromatic heterocycles. The van der Waals surface area contributed by atoms with Crippen molar-refractivity contribution in [3.8, 4) is 0 Å². The highest BCUT2D eigenvalue weighted by molar-refractivity contribution is 5.76. The second-order valence-corrected chi connectivity index (χ2v) is 4.91. The van der Waals surface area contributed by atoms with Crippen LogP contribution in [-0.4, -0.2) is 61.3 Å². The Morgan fingerprint density at radius 3 is 2.74 bits per heavy atom. The SMILES string of the molecule is CCC(=O)N1CC(CC(=O)OC)CC(NCCO)C1. The molecule has 0 aromatic rings. The molecule has 6 nitrogen and oxygen atoms in total. The van der Waals surface area contributed by atoms with Gasteiger partial charge in [0.05, 0.1) is 20.1 Å². The fourth-order valence-electron chi connectivity index (χ4n) is 2.51. The molecule has 1 aliphatic rings. The molecule has 1 saturated heterocycles. The number of aliphatic hydroxyl groups is 1. The van der Waals surface area contributed by atoms with Crippen LogP contribution in [0.5, 0.6) is 0 Å². The summed E-state index contributed by atoms with van der Waals surface area (Å²) in [5.41, 5.74) is 0. The highest BCUT2D eigenvalue weighted by Crippen LogP contribution is 2.21. The van der Waals surface area contributed by atoms with E-state index >= 15 is 0 Å². The predicted octanol–water partition coefficient (Wildman–Crippen LogP) is -0.241. The van der Waals surface area contributed by atoms with Gasteiger partial charge < -0.3 is 20.1 Å². The molecule has 2 N–H and O–H groups in total. The van der Waals surface area contributed by atoms with Gasteiger partial charge in [-0.3, -0.25) is 9.59 Å². The first-order chi connectivity index (χ1) is 9.10. The average molecular weight is 272 g/mol. The first-order valence-electron chi connectivity index (χ1n) is 6.79. The molecule has 0 saturated carbocycles. The van der Waals surface area contributed by atoms with Gasteiger partial charge in [0, 0.05) is 32.1 Å². The van der Waals surface area contributed by atoms with Gasteiger partial charge in [-0.05, 0) is 12.3 Å². The average Bonchev–Trinajstić information content (AvgIpc) is 2.43. The van der Waals surface area contributed by atoms with E-state index in [0.717, 1.165) is 6.42 Å². The van der Waals surface area contributed by atoms with E-state index in [-0.39, 0.29) is 30.4 Å². The van der Waals surface area contributed by atoms with Gasteiger partial charge in [-0.1, -0.05) is 6.92 Å². The highest BCUT2D eigenvalue weighted by atomic mass is 16.5. The van der Waals surface area contributed by atoms with Crippen LogP contribution in [0.3, 0.4) is 0 Å². The second-order valence-electron chi connectivity index (χ2n) is 4.91. The summed E-state index contributed by atoms with van der Waals surface area (Å²) in [5, 5.41) is 12.1. The molecule has 2 unspecified atom stereocenters. The first-order valence-corrected chi connectivity index (χ1v) is 6.79. The summed E-state index contributed by atoms with van der Waals surface area (Å²) in [6.07, 6.45) is 1.63. The summed E-state index contributed by atoms with van der Waals surface area (Å²) >= 11 is 0. The summed E-state index contributed by atoms with van der Waals surface area (Å²) in [7, 11) is 1.38. The maximum atomic E-state index is 11.8. The Hall–Kier alpha value is -1.14. The highest BCUT2D eigenvalue weighted by Gasteiger charge is 2.30. The minimum absolute atomic E-state index is 0.0693. The largest absolute Gasteiger partial charge is 0.469 e. The Labute approximate surface area is 114 Å². The molecule has 19 heavy (non-hydrogen) atoms. The fourth-order valence-corrected chi connectivity index (χ4v) is 2.51. The number of hydrogen-bond acceptors (Lipinski definition) is 5. The number of esters is 1. The molecule has 1 aliphatic heterocycles. The lowest BCUT2D eigenvalue weighted by molar-refractivity contribution is -0.143. The van der Waals surface area contributed by atoms with E-state index in [2.05, 4.69) is 10.1 Å². The maximum absolute atomic E-state index is 11.8. The number of hydrogen-bond donors (Lipinski definition) is 2. The Morgan fingerprint density at radius 1 is 1.42 bits per heavy atom.